The molecule has 0 aliphatic heterocycles. The fraction of sp³-hybridized carbons (Fsp3) is 0.800. The minimum absolute atomic E-state index is 0.194. The van der Waals surface area contributed by atoms with E-state index in [9.17, 15) is 9.59 Å². The molecule has 1 atom stereocenters. The minimum atomic E-state index is -1.06. The van der Waals surface area contributed by atoms with Crippen LogP contribution in [-0.4, -0.2) is 52.3 Å². The Morgan fingerprint density at radius 1 is 1.44 bits per heavy atom. The van der Waals surface area contributed by atoms with Gasteiger partial charge in [-0.1, -0.05) is 6.92 Å². The Morgan fingerprint density at radius 3 is 2.25 bits per heavy atom. The molecule has 94 valence electrons. The number of aliphatic hydroxyl groups excluding tert-OH is 1. The Hall–Kier alpha value is -1.30. The highest BCUT2D eigenvalue weighted by atomic mass is 16.4. The number of urea groups is 1. The average molecular weight is 232 g/mol. The second-order valence-electron chi connectivity index (χ2n) is 4.28. The van der Waals surface area contributed by atoms with Gasteiger partial charge in [0.05, 0.1) is 12.1 Å². The van der Waals surface area contributed by atoms with Gasteiger partial charge in [0, 0.05) is 7.05 Å². The van der Waals surface area contributed by atoms with Gasteiger partial charge in [0.25, 0.3) is 0 Å². The fourth-order valence-electron chi connectivity index (χ4n) is 0.965. The summed E-state index contributed by atoms with van der Waals surface area (Å²) in [6.07, 6.45) is 0.314. The van der Waals surface area contributed by atoms with Gasteiger partial charge in [0.1, 0.15) is 6.04 Å². The van der Waals surface area contributed by atoms with Crippen LogP contribution in [0.5, 0.6) is 0 Å². The first-order chi connectivity index (χ1) is 7.26. The first-order valence-electron chi connectivity index (χ1n) is 5.14. The standard InChI is InChI=1S/C10H20N2O4/c1-5-7(8(14)15)11-9(16)12(4)10(2,3)6-13/h7,13H,5-6H2,1-4H3,(H,11,16)(H,14,15)/t7-/m0/s1. The van der Waals surface area contributed by atoms with E-state index in [4.69, 9.17) is 10.2 Å². The van der Waals surface area contributed by atoms with E-state index in [-0.39, 0.29) is 6.61 Å². The van der Waals surface area contributed by atoms with Crippen molar-refractivity contribution < 1.29 is 19.8 Å². The van der Waals surface area contributed by atoms with Gasteiger partial charge in [-0.2, -0.15) is 0 Å². The molecule has 0 aromatic heterocycles. The Bertz CT molecular complexity index is 266. The highest BCUT2D eigenvalue weighted by molar-refractivity contribution is 5.82. The van der Waals surface area contributed by atoms with Crippen LogP contribution in [0.4, 0.5) is 4.79 Å². The highest BCUT2D eigenvalue weighted by Crippen LogP contribution is 2.11. The van der Waals surface area contributed by atoms with Crippen LogP contribution in [0.3, 0.4) is 0 Å². The molecule has 0 aromatic rings. The maximum absolute atomic E-state index is 11.7. The van der Waals surface area contributed by atoms with Crippen molar-refractivity contribution >= 4 is 12.0 Å². The van der Waals surface area contributed by atoms with Crippen molar-refractivity contribution in [2.75, 3.05) is 13.7 Å². The maximum Gasteiger partial charge on any atom is 0.326 e. The summed E-state index contributed by atoms with van der Waals surface area (Å²) in [4.78, 5) is 23.7. The Morgan fingerprint density at radius 2 is 1.94 bits per heavy atom. The smallest absolute Gasteiger partial charge is 0.326 e. The molecule has 0 bridgehead atoms. The first-order valence-corrected chi connectivity index (χ1v) is 5.14. The summed E-state index contributed by atoms with van der Waals surface area (Å²) in [6.45, 7) is 4.86. The van der Waals surface area contributed by atoms with Gasteiger partial charge in [-0.15, -0.1) is 0 Å². The highest BCUT2D eigenvalue weighted by Gasteiger charge is 2.29. The van der Waals surface area contributed by atoms with Crippen LogP contribution in [-0.2, 0) is 4.79 Å². The molecule has 0 radical (unpaired) electrons. The molecule has 0 aliphatic rings. The molecule has 0 aliphatic carbocycles. The number of carboxylic acid groups (broad SMARTS) is 1. The van der Waals surface area contributed by atoms with E-state index in [1.807, 2.05) is 0 Å². The number of aliphatic carboxylic acids is 1. The molecule has 0 heterocycles. The van der Waals surface area contributed by atoms with Crippen molar-refractivity contribution in [3.63, 3.8) is 0 Å². The zero-order valence-electron chi connectivity index (χ0n) is 10.1. The van der Waals surface area contributed by atoms with E-state index < -0.39 is 23.6 Å². The lowest BCUT2D eigenvalue weighted by Crippen LogP contribution is -2.54. The molecule has 0 rings (SSSR count). The summed E-state index contributed by atoms with van der Waals surface area (Å²) in [5.41, 5.74) is -0.721. The van der Waals surface area contributed by atoms with Gasteiger partial charge in [-0.3, -0.25) is 0 Å². The second-order valence-corrected chi connectivity index (χ2v) is 4.28. The van der Waals surface area contributed by atoms with E-state index in [0.29, 0.717) is 6.42 Å². The third-order valence-corrected chi connectivity index (χ3v) is 2.60. The lowest BCUT2D eigenvalue weighted by Gasteiger charge is -2.34. The van der Waals surface area contributed by atoms with Crippen LogP contribution in [0.25, 0.3) is 0 Å². The Labute approximate surface area is 95.2 Å². The second kappa shape index (κ2) is 5.69. The van der Waals surface area contributed by atoms with Crippen LogP contribution < -0.4 is 5.32 Å². The van der Waals surface area contributed by atoms with Crippen molar-refractivity contribution in [1.29, 1.82) is 0 Å². The summed E-state index contributed by atoms with van der Waals surface area (Å²) in [6, 6.07) is -1.40. The van der Waals surface area contributed by atoms with E-state index in [1.165, 1.54) is 11.9 Å². The van der Waals surface area contributed by atoms with Crippen LogP contribution in [0, 0.1) is 0 Å². The lowest BCUT2D eigenvalue weighted by molar-refractivity contribution is -0.139. The van der Waals surface area contributed by atoms with Crippen molar-refractivity contribution in [3.8, 4) is 0 Å². The van der Waals surface area contributed by atoms with Gasteiger partial charge in [0.15, 0.2) is 0 Å². The molecule has 16 heavy (non-hydrogen) atoms. The number of hydrogen-bond donors (Lipinski definition) is 3. The van der Waals surface area contributed by atoms with Gasteiger partial charge in [0.2, 0.25) is 0 Å². The average Bonchev–Trinajstić information content (AvgIpc) is 2.23. The summed E-state index contributed by atoms with van der Waals surface area (Å²) >= 11 is 0. The van der Waals surface area contributed by atoms with Crippen LogP contribution >= 0.6 is 0 Å². The fourth-order valence-corrected chi connectivity index (χ4v) is 0.965. The van der Waals surface area contributed by atoms with Crippen LogP contribution in [0.15, 0.2) is 0 Å². The summed E-state index contributed by atoms with van der Waals surface area (Å²) < 4.78 is 0. The SMILES string of the molecule is CC[C@H](NC(=O)N(C)C(C)(C)CO)C(=O)O. The number of nitrogens with one attached hydrogen (secondary N) is 1. The van der Waals surface area contributed by atoms with Gasteiger partial charge in [-0.05, 0) is 20.3 Å². The number of nitrogens with zero attached hydrogens (tertiary/aromatic N) is 1. The molecular formula is C10H20N2O4. The zero-order chi connectivity index (χ0) is 12.9. The number of likely N-dealkylation sites (N-methyl/N-ethyl adjacent to an activating group) is 1. The van der Waals surface area contributed by atoms with Crippen molar-refractivity contribution in [2.24, 2.45) is 0 Å². The third kappa shape index (κ3) is 3.69. The number of hydrogen-bond acceptors (Lipinski definition) is 3. The van der Waals surface area contributed by atoms with Gasteiger partial charge < -0.3 is 20.4 Å². The Kier molecular flexibility index (Phi) is 5.23. The number of aliphatic hydroxyl groups is 1. The number of carbonyl (C=O) groups excluding carboxylic acids is 1. The van der Waals surface area contributed by atoms with Gasteiger partial charge >= 0.3 is 12.0 Å². The van der Waals surface area contributed by atoms with Crippen LogP contribution in [0.1, 0.15) is 27.2 Å². The van der Waals surface area contributed by atoms with E-state index in [0.717, 1.165) is 0 Å². The Balaban J connectivity index is 4.52. The molecule has 0 saturated carbocycles. The number of carboxylic acids is 1. The third-order valence-electron chi connectivity index (χ3n) is 2.60. The topological polar surface area (TPSA) is 89.9 Å². The summed E-state index contributed by atoms with van der Waals surface area (Å²) in [5.74, 6) is -1.06. The molecule has 0 aromatic carbocycles. The van der Waals surface area contributed by atoms with E-state index in [1.54, 1.807) is 20.8 Å². The molecule has 6 heteroatoms. The monoisotopic (exact) mass is 232 g/mol. The van der Waals surface area contributed by atoms with Crippen molar-refractivity contribution in [2.45, 2.75) is 38.8 Å². The molecule has 0 unspecified atom stereocenters. The lowest BCUT2D eigenvalue weighted by atomic mass is 10.1. The molecule has 0 saturated heterocycles. The number of amides is 2. The van der Waals surface area contributed by atoms with Gasteiger partial charge in [-0.25, -0.2) is 9.59 Å². The first kappa shape index (κ1) is 14.7. The van der Waals surface area contributed by atoms with Crippen molar-refractivity contribution in [1.82, 2.24) is 10.2 Å². The normalized spacial score (nSPS) is 13.1. The predicted molar refractivity (Wildman–Crippen MR) is 59.2 cm³/mol. The molecule has 2 amide bonds. The summed E-state index contributed by atoms with van der Waals surface area (Å²) in [5, 5.41) is 20.2. The van der Waals surface area contributed by atoms with Crippen LogP contribution in [0.2, 0.25) is 0 Å². The molecule has 0 fully saturated rings. The molecule has 3 N–H and O–H groups in total. The maximum atomic E-state index is 11.7. The predicted octanol–water partition coefficient (Wildman–Crippen LogP) is 0.262. The van der Waals surface area contributed by atoms with Crippen molar-refractivity contribution in [3.05, 3.63) is 0 Å². The summed E-state index contributed by atoms with van der Waals surface area (Å²) in [7, 11) is 1.51. The number of rotatable bonds is 5. The number of carbonyl (C=O) groups is 2. The van der Waals surface area contributed by atoms with E-state index >= 15 is 0 Å². The molecule has 0 spiro atoms. The zero-order valence-corrected chi connectivity index (χ0v) is 10.1. The largest absolute Gasteiger partial charge is 0.480 e. The minimum Gasteiger partial charge on any atom is -0.480 e. The molecular weight excluding hydrogens is 212 g/mol. The van der Waals surface area contributed by atoms with E-state index in [2.05, 4.69) is 5.32 Å². The molecule has 6 nitrogen and oxygen atoms in total. The quantitative estimate of drug-likeness (QED) is 0.634.